The lowest BCUT2D eigenvalue weighted by molar-refractivity contribution is -0.114. The molecule has 0 radical (unpaired) electrons. The second-order valence-corrected chi connectivity index (χ2v) is 4.60. The second kappa shape index (κ2) is 6.05. The Kier molecular flexibility index (Phi) is 4.18. The van der Waals surface area contributed by atoms with Crippen molar-refractivity contribution in [2.24, 2.45) is 0 Å². The summed E-state index contributed by atoms with van der Waals surface area (Å²) in [5.41, 5.74) is 4.36. The first-order valence-corrected chi connectivity index (χ1v) is 6.30. The lowest BCUT2D eigenvalue weighted by Gasteiger charge is -2.08. The SMILES string of the molecule is CC(=O)Nc1ccc(NCc2ccc(C)cc2)cc1. The molecule has 98 valence electrons. The quantitative estimate of drug-likeness (QED) is 0.875. The zero-order valence-corrected chi connectivity index (χ0v) is 11.2. The normalized spacial score (nSPS) is 10.0. The number of nitrogens with one attached hydrogen (secondary N) is 2. The monoisotopic (exact) mass is 254 g/mol. The maximum atomic E-state index is 10.9. The van der Waals surface area contributed by atoms with Crippen LogP contribution < -0.4 is 10.6 Å². The summed E-state index contributed by atoms with van der Waals surface area (Å²) in [6.45, 7) is 4.38. The molecule has 0 aromatic heterocycles. The largest absolute Gasteiger partial charge is 0.381 e. The van der Waals surface area contributed by atoms with Gasteiger partial charge in [-0.25, -0.2) is 0 Å². The Bertz CT molecular complexity index is 544. The van der Waals surface area contributed by atoms with Crippen LogP contribution in [0.1, 0.15) is 18.1 Å². The van der Waals surface area contributed by atoms with Gasteiger partial charge in [-0.05, 0) is 36.8 Å². The van der Waals surface area contributed by atoms with Crippen LogP contribution in [0.3, 0.4) is 0 Å². The van der Waals surface area contributed by atoms with E-state index in [-0.39, 0.29) is 5.91 Å². The summed E-state index contributed by atoms with van der Waals surface area (Å²) in [6.07, 6.45) is 0. The number of hydrogen-bond acceptors (Lipinski definition) is 2. The molecule has 3 heteroatoms. The Morgan fingerprint density at radius 3 is 2.11 bits per heavy atom. The third kappa shape index (κ3) is 4.14. The lowest BCUT2D eigenvalue weighted by atomic mass is 10.1. The molecule has 0 fully saturated rings. The average Bonchev–Trinajstić information content (AvgIpc) is 2.39. The number of anilines is 2. The van der Waals surface area contributed by atoms with Crippen molar-refractivity contribution >= 4 is 17.3 Å². The molecule has 0 aliphatic rings. The van der Waals surface area contributed by atoms with Crippen LogP contribution in [0, 0.1) is 6.92 Å². The van der Waals surface area contributed by atoms with Gasteiger partial charge >= 0.3 is 0 Å². The van der Waals surface area contributed by atoms with E-state index in [1.165, 1.54) is 18.1 Å². The van der Waals surface area contributed by atoms with Crippen LogP contribution in [0.15, 0.2) is 48.5 Å². The average molecular weight is 254 g/mol. The van der Waals surface area contributed by atoms with E-state index in [0.29, 0.717) is 0 Å². The minimum absolute atomic E-state index is 0.0552. The van der Waals surface area contributed by atoms with Crippen LogP contribution >= 0.6 is 0 Å². The molecule has 1 amide bonds. The molecule has 2 aromatic rings. The van der Waals surface area contributed by atoms with E-state index >= 15 is 0 Å². The van der Waals surface area contributed by atoms with Crippen LogP contribution in [-0.4, -0.2) is 5.91 Å². The highest BCUT2D eigenvalue weighted by Crippen LogP contribution is 2.14. The van der Waals surface area contributed by atoms with E-state index in [0.717, 1.165) is 17.9 Å². The number of rotatable bonds is 4. The fourth-order valence-electron chi connectivity index (χ4n) is 1.78. The van der Waals surface area contributed by atoms with E-state index in [2.05, 4.69) is 41.8 Å². The number of hydrogen-bond donors (Lipinski definition) is 2. The molecule has 0 saturated heterocycles. The molecule has 0 atom stereocenters. The predicted octanol–water partition coefficient (Wildman–Crippen LogP) is 3.57. The number of carbonyl (C=O) groups excluding carboxylic acids is 1. The minimum Gasteiger partial charge on any atom is -0.381 e. The van der Waals surface area contributed by atoms with Crippen molar-refractivity contribution in [3.8, 4) is 0 Å². The molecule has 0 aliphatic heterocycles. The van der Waals surface area contributed by atoms with Gasteiger partial charge in [0.15, 0.2) is 0 Å². The summed E-state index contributed by atoms with van der Waals surface area (Å²) in [7, 11) is 0. The van der Waals surface area contributed by atoms with Crippen molar-refractivity contribution in [2.75, 3.05) is 10.6 Å². The number of carbonyl (C=O) groups is 1. The molecule has 0 saturated carbocycles. The van der Waals surface area contributed by atoms with Gasteiger partial charge < -0.3 is 10.6 Å². The van der Waals surface area contributed by atoms with Gasteiger partial charge in [0.25, 0.3) is 0 Å². The molecule has 0 bridgehead atoms. The van der Waals surface area contributed by atoms with Crippen molar-refractivity contribution in [3.63, 3.8) is 0 Å². The van der Waals surface area contributed by atoms with Gasteiger partial charge in [0.2, 0.25) is 5.91 Å². The van der Waals surface area contributed by atoms with Crippen molar-refractivity contribution in [3.05, 3.63) is 59.7 Å². The van der Waals surface area contributed by atoms with Gasteiger partial charge in [0.1, 0.15) is 0 Å². The van der Waals surface area contributed by atoms with Crippen LogP contribution in [0.4, 0.5) is 11.4 Å². The summed E-state index contributed by atoms with van der Waals surface area (Å²) in [6, 6.07) is 16.1. The van der Waals surface area contributed by atoms with Crippen LogP contribution in [0.25, 0.3) is 0 Å². The van der Waals surface area contributed by atoms with Crippen molar-refractivity contribution in [1.82, 2.24) is 0 Å². The molecule has 19 heavy (non-hydrogen) atoms. The molecule has 2 rings (SSSR count). The Morgan fingerprint density at radius 2 is 1.53 bits per heavy atom. The fraction of sp³-hybridized carbons (Fsp3) is 0.188. The standard InChI is InChI=1S/C16H18N2O/c1-12-3-5-14(6-4-12)11-17-15-7-9-16(10-8-15)18-13(2)19/h3-10,17H,11H2,1-2H3,(H,18,19). The maximum Gasteiger partial charge on any atom is 0.221 e. The Labute approximate surface area is 113 Å². The van der Waals surface area contributed by atoms with Gasteiger partial charge in [-0.2, -0.15) is 0 Å². The third-order valence-corrected chi connectivity index (χ3v) is 2.82. The molecule has 2 N–H and O–H groups in total. The molecular weight excluding hydrogens is 236 g/mol. The van der Waals surface area contributed by atoms with E-state index in [1.54, 1.807) is 0 Å². The van der Waals surface area contributed by atoms with E-state index in [1.807, 2.05) is 24.3 Å². The minimum atomic E-state index is -0.0552. The molecule has 3 nitrogen and oxygen atoms in total. The van der Waals surface area contributed by atoms with Crippen LogP contribution in [0.5, 0.6) is 0 Å². The molecule has 0 unspecified atom stereocenters. The number of aryl methyl sites for hydroxylation is 1. The highest BCUT2D eigenvalue weighted by Gasteiger charge is 1.97. The van der Waals surface area contributed by atoms with E-state index in [4.69, 9.17) is 0 Å². The Morgan fingerprint density at radius 1 is 0.947 bits per heavy atom. The highest BCUT2D eigenvalue weighted by molar-refractivity contribution is 5.88. The van der Waals surface area contributed by atoms with Gasteiger partial charge in [-0.1, -0.05) is 29.8 Å². The summed E-state index contributed by atoms with van der Waals surface area (Å²) in [5.74, 6) is -0.0552. The summed E-state index contributed by atoms with van der Waals surface area (Å²) in [5, 5.41) is 6.09. The molecule has 0 aliphatic carbocycles. The summed E-state index contributed by atoms with van der Waals surface area (Å²) >= 11 is 0. The van der Waals surface area contributed by atoms with E-state index in [9.17, 15) is 4.79 Å². The fourth-order valence-corrected chi connectivity index (χ4v) is 1.78. The smallest absolute Gasteiger partial charge is 0.221 e. The Balaban J connectivity index is 1.92. The van der Waals surface area contributed by atoms with Crippen molar-refractivity contribution < 1.29 is 4.79 Å². The topological polar surface area (TPSA) is 41.1 Å². The van der Waals surface area contributed by atoms with Crippen molar-refractivity contribution in [2.45, 2.75) is 20.4 Å². The molecule has 2 aromatic carbocycles. The zero-order chi connectivity index (χ0) is 13.7. The first-order chi connectivity index (χ1) is 9.13. The predicted molar refractivity (Wildman–Crippen MR) is 79.3 cm³/mol. The van der Waals surface area contributed by atoms with Gasteiger partial charge in [0, 0.05) is 24.8 Å². The summed E-state index contributed by atoms with van der Waals surface area (Å²) in [4.78, 5) is 10.9. The maximum absolute atomic E-state index is 10.9. The van der Waals surface area contributed by atoms with Gasteiger partial charge in [-0.15, -0.1) is 0 Å². The number of benzene rings is 2. The molecule has 0 heterocycles. The Hall–Kier alpha value is -2.29. The molecule has 0 spiro atoms. The first kappa shape index (κ1) is 13.1. The second-order valence-electron chi connectivity index (χ2n) is 4.60. The van der Waals surface area contributed by atoms with Crippen molar-refractivity contribution in [1.29, 1.82) is 0 Å². The van der Waals surface area contributed by atoms with Gasteiger partial charge in [0.05, 0.1) is 0 Å². The van der Waals surface area contributed by atoms with E-state index < -0.39 is 0 Å². The summed E-state index contributed by atoms with van der Waals surface area (Å²) < 4.78 is 0. The van der Waals surface area contributed by atoms with Gasteiger partial charge in [-0.3, -0.25) is 4.79 Å². The lowest BCUT2D eigenvalue weighted by Crippen LogP contribution is -2.05. The van der Waals surface area contributed by atoms with Crippen LogP contribution in [-0.2, 0) is 11.3 Å². The number of amides is 1. The zero-order valence-electron chi connectivity index (χ0n) is 11.2. The first-order valence-electron chi connectivity index (χ1n) is 6.30. The van der Waals surface area contributed by atoms with Crippen LogP contribution in [0.2, 0.25) is 0 Å². The highest BCUT2D eigenvalue weighted by atomic mass is 16.1. The third-order valence-electron chi connectivity index (χ3n) is 2.82. The molecular formula is C16H18N2O.